The van der Waals surface area contributed by atoms with Crippen LogP contribution in [0.1, 0.15) is 12.8 Å². The fourth-order valence-corrected chi connectivity index (χ4v) is 3.06. The Kier molecular flexibility index (Phi) is 3.37. The smallest absolute Gasteiger partial charge is 0.238 e. The van der Waals surface area contributed by atoms with Crippen LogP contribution in [-0.2, 0) is 4.79 Å². The predicted molar refractivity (Wildman–Crippen MR) is 76.9 cm³/mol. The van der Waals surface area contributed by atoms with Gasteiger partial charge in [0.05, 0.1) is 17.8 Å². The molecule has 4 nitrogen and oxygen atoms in total. The van der Waals surface area contributed by atoms with Gasteiger partial charge in [0.25, 0.3) is 0 Å². The number of hydrogen-bond acceptors (Lipinski definition) is 3. The maximum Gasteiger partial charge on any atom is 0.238 e. The highest BCUT2D eigenvalue weighted by atomic mass is 79.9. The highest BCUT2D eigenvalue weighted by molar-refractivity contribution is 9.10. The summed E-state index contributed by atoms with van der Waals surface area (Å²) in [7, 11) is 0. The van der Waals surface area contributed by atoms with Crippen LogP contribution in [0, 0.1) is 5.92 Å². The number of benzene rings is 1. The van der Waals surface area contributed by atoms with Crippen LogP contribution in [0.5, 0.6) is 0 Å². The van der Waals surface area contributed by atoms with Crippen LogP contribution in [-0.4, -0.2) is 41.1 Å². The number of hydrogen-bond donors (Lipinski definition) is 2. The molecule has 1 aromatic rings. The fourth-order valence-electron chi connectivity index (χ4n) is 2.67. The van der Waals surface area contributed by atoms with E-state index >= 15 is 0 Å². The van der Waals surface area contributed by atoms with E-state index < -0.39 is 5.60 Å². The van der Waals surface area contributed by atoms with Gasteiger partial charge in [-0.25, -0.2) is 0 Å². The van der Waals surface area contributed by atoms with Crippen molar-refractivity contribution >= 4 is 27.5 Å². The van der Waals surface area contributed by atoms with E-state index in [-0.39, 0.29) is 5.91 Å². The number of carbonyl (C=O) groups is 1. The maximum absolute atomic E-state index is 11.9. The molecule has 102 valence electrons. The van der Waals surface area contributed by atoms with Crippen molar-refractivity contribution in [2.24, 2.45) is 5.92 Å². The second-order valence-electron chi connectivity index (χ2n) is 5.55. The molecular formula is C14H17BrN2O2. The molecule has 3 rings (SSSR count). The van der Waals surface area contributed by atoms with Crippen molar-refractivity contribution in [1.29, 1.82) is 0 Å². The summed E-state index contributed by atoms with van der Waals surface area (Å²) in [6, 6.07) is 7.55. The molecule has 2 aliphatic rings. The molecule has 0 spiro atoms. The van der Waals surface area contributed by atoms with Crippen molar-refractivity contribution in [1.82, 2.24) is 4.90 Å². The van der Waals surface area contributed by atoms with Crippen molar-refractivity contribution < 1.29 is 9.90 Å². The van der Waals surface area contributed by atoms with Crippen LogP contribution in [0.4, 0.5) is 5.69 Å². The minimum absolute atomic E-state index is 0.0373. The first-order chi connectivity index (χ1) is 9.07. The summed E-state index contributed by atoms with van der Waals surface area (Å²) in [6.45, 7) is 1.60. The third-order valence-electron chi connectivity index (χ3n) is 3.85. The normalized spacial score (nSPS) is 21.8. The van der Waals surface area contributed by atoms with Crippen molar-refractivity contribution in [2.75, 3.05) is 25.0 Å². The molecule has 0 atom stereocenters. The number of amides is 1. The van der Waals surface area contributed by atoms with Gasteiger partial charge in [-0.15, -0.1) is 0 Å². The van der Waals surface area contributed by atoms with Crippen LogP contribution in [0.3, 0.4) is 0 Å². The Balaban J connectivity index is 1.49. The number of halogens is 1. The van der Waals surface area contributed by atoms with Gasteiger partial charge in [0, 0.05) is 17.6 Å². The summed E-state index contributed by atoms with van der Waals surface area (Å²) in [4.78, 5) is 13.9. The maximum atomic E-state index is 11.9. The first-order valence-electron chi connectivity index (χ1n) is 6.56. The second-order valence-corrected chi connectivity index (χ2v) is 6.41. The lowest BCUT2D eigenvalue weighted by Gasteiger charge is -2.46. The number of β-amino-alcohol motifs (C(OH)–C–C–N with tert-alkyl or cyclic N) is 1. The van der Waals surface area contributed by atoms with Crippen molar-refractivity contribution in [3.63, 3.8) is 0 Å². The molecule has 1 aliphatic carbocycles. The monoisotopic (exact) mass is 324 g/mol. The first kappa shape index (κ1) is 13.1. The Hall–Kier alpha value is -0.910. The Morgan fingerprint density at radius 1 is 1.42 bits per heavy atom. The van der Waals surface area contributed by atoms with Gasteiger partial charge in [0.15, 0.2) is 0 Å². The molecular weight excluding hydrogens is 308 g/mol. The van der Waals surface area contributed by atoms with Gasteiger partial charge in [0.2, 0.25) is 5.91 Å². The van der Waals surface area contributed by atoms with E-state index in [2.05, 4.69) is 21.2 Å². The lowest BCUT2D eigenvalue weighted by molar-refractivity contribution is -0.132. The molecule has 5 heteroatoms. The minimum Gasteiger partial charge on any atom is -0.387 e. The van der Waals surface area contributed by atoms with E-state index in [1.807, 2.05) is 29.2 Å². The summed E-state index contributed by atoms with van der Waals surface area (Å²) < 4.78 is 0.876. The summed E-state index contributed by atoms with van der Waals surface area (Å²) in [5.41, 5.74) is 0.263. The molecule has 1 heterocycles. The van der Waals surface area contributed by atoms with Crippen LogP contribution in [0.25, 0.3) is 0 Å². The summed E-state index contributed by atoms with van der Waals surface area (Å²) in [5.74, 6) is 0.430. The quantitative estimate of drug-likeness (QED) is 0.888. The van der Waals surface area contributed by atoms with Gasteiger partial charge in [-0.05, 0) is 46.8 Å². The largest absolute Gasteiger partial charge is 0.387 e. The van der Waals surface area contributed by atoms with E-state index in [4.69, 9.17) is 0 Å². The molecule has 19 heavy (non-hydrogen) atoms. The van der Waals surface area contributed by atoms with Gasteiger partial charge in [-0.3, -0.25) is 9.69 Å². The zero-order valence-corrected chi connectivity index (χ0v) is 12.2. The molecule has 0 unspecified atom stereocenters. The Morgan fingerprint density at radius 2 is 2.11 bits per heavy atom. The molecule has 0 radical (unpaired) electrons. The Morgan fingerprint density at radius 3 is 2.74 bits per heavy atom. The molecule has 1 saturated heterocycles. The molecule has 2 N–H and O–H groups in total. The Bertz CT molecular complexity index is 496. The van der Waals surface area contributed by atoms with Crippen molar-refractivity contribution in [2.45, 2.75) is 18.4 Å². The molecule has 1 amide bonds. The summed E-state index contributed by atoms with van der Waals surface area (Å²) in [5, 5.41) is 13.1. The number of nitrogens with one attached hydrogen (secondary N) is 1. The van der Waals surface area contributed by atoms with Crippen LogP contribution >= 0.6 is 15.9 Å². The predicted octanol–water partition coefficient (Wildman–Crippen LogP) is 1.84. The van der Waals surface area contributed by atoms with Crippen molar-refractivity contribution in [3.8, 4) is 0 Å². The molecule has 1 aliphatic heterocycles. The molecule has 2 fully saturated rings. The molecule has 1 saturated carbocycles. The Labute approximate surface area is 120 Å². The third-order valence-corrected chi connectivity index (χ3v) is 4.54. The SMILES string of the molecule is O=C(CN1CC(O)(C2CC2)C1)Nc1ccccc1Br. The fraction of sp³-hybridized carbons (Fsp3) is 0.500. The standard InChI is InChI=1S/C14H17BrN2O2/c15-11-3-1-2-4-12(11)16-13(18)7-17-8-14(19,9-17)10-5-6-10/h1-4,10,19H,5-9H2,(H,16,18). The summed E-state index contributed by atoms with van der Waals surface area (Å²) in [6.07, 6.45) is 2.26. The number of rotatable bonds is 4. The number of anilines is 1. The van der Waals surface area contributed by atoms with E-state index in [1.54, 1.807) is 0 Å². The first-order valence-corrected chi connectivity index (χ1v) is 7.35. The third kappa shape index (κ3) is 2.83. The second kappa shape index (κ2) is 4.89. The lowest BCUT2D eigenvalue weighted by Crippen LogP contribution is -2.64. The average molecular weight is 325 g/mol. The van der Waals surface area contributed by atoms with Crippen LogP contribution in [0.2, 0.25) is 0 Å². The van der Waals surface area contributed by atoms with Gasteiger partial charge < -0.3 is 10.4 Å². The molecule has 0 aromatic heterocycles. The van der Waals surface area contributed by atoms with Crippen molar-refractivity contribution in [3.05, 3.63) is 28.7 Å². The number of para-hydroxylation sites is 1. The number of carbonyl (C=O) groups excluding carboxylic acids is 1. The zero-order chi connectivity index (χ0) is 13.5. The van der Waals surface area contributed by atoms with Crippen LogP contribution < -0.4 is 5.32 Å². The van der Waals surface area contributed by atoms with Crippen LogP contribution in [0.15, 0.2) is 28.7 Å². The zero-order valence-electron chi connectivity index (χ0n) is 10.6. The van der Waals surface area contributed by atoms with E-state index in [0.29, 0.717) is 25.6 Å². The van der Waals surface area contributed by atoms with E-state index in [0.717, 1.165) is 23.0 Å². The number of aliphatic hydroxyl groups is 1. The number of nitrogens with zero attached hydrogens (tertiary/aromatic N) is 1. The minimum atomic E-state index is -0.520. The highest BCUT2D eigenvalue weighted by Gasteiger charge is 2.51. The topological polar surface area (TPSA) is 52.6 Å². The van der Waals surface area contributed by atoms with Gasteiger partial charge >= 0.3 is 0 Å². The molecule has 1 aromatic carbocycles. The van der Waals surface area contributed by atoms with Gasteiger partial charge in [-0.2, -0.15) is 0 Å². The average Bonchev–Trinajstić information content (AvgIpc) is 3.14. The lowest BCUT2D eigenvalue weighted by atomic mass is 9.89. The number of likely N-dealkylation sites (tertiary alicyclic amines) is 1. The van der Waals surface area contributed by atoms with E-state index in [1.165, 1.54) is 0 Å². The van der Waals surface area contributed by atoms with Gasteiger partial charge in [0.1, 0.15) is 0 Å². The summed E-state index contributed by atoms with van der Waals surface area (Å²) >= 11 is 3.40. The van der Waals surface area contributed by atoms with E-state index in [9.17, 15) is 9.90 Å². The highest BCUT2D eigenvalue weighted by Crippen LogP contribution is 2.44. The molecule has 0 bridgehead atoms. The van der Waals surface area contributed by atoms with Gasteiger partial charge in [-0.1, -0.05) is 12.1 Å².